The fourth-order valence-corrected chi connectivity index (χ4v) is 2.00. The number of unbranched alkanes of at least 4 members (excludes halogenated alkanes) is 1. The lowest BCUT2D eigenvalue weighted by Crippen LogP contribution is -2.47. The minimum Gasteiger partial charge on any atom is -0.857 e. The van der Waals surface area contributed by atoms with Crippen LogP contribution in [-0.4, -0.2) is 81.1 Å². The third-order valence-corrected chi connectivity index (χ3v) is 3.10. The Morgan fingerprint density at radius 1 is 1.00 bits per heavy atom. The van der Waals surface area contributed by atoms with Crippen molar-refractivity contribution in [2.24, 2.45) is 10.2 Å². The van der Waals surface area contributed by atoms with Crippen molar-refractivity contribution >= 4 is 32.6 Å². The second-order valence-electron chi connectivity index (χ2n) is 6.06. The van der Waals surface area contributed by atoms with E-state index in [1.807, 2.05) is 14.1 Å². The van der Waals surface area contributed by atoms with E-state index in [0.717, 1.165) is 12.8 Å². The van der Waals surface area contributed by atoms with Gasteiger partial charge in [0, 0.05) is 12.3 Å². The van der Waals surface area contributed by atoms with Gasteiger partial charge in [0.2, 0.25) is 0 Å². The first-order valence-electron chi connectivity index (χ1n) is 7.30. The molecule has 0 amide bonds. The van der Waals surface area contributed by atoms with Gasteiger partial charge < -0.3 is 10.2 Å². The highest BCUT2D eigenvalue weighted by Crippen LogP contribution is 2.05. The van der Waals surface area contributed by atoms with Crippen LogP contribution in [0.25, 0.3) is 0 Å². The zero-order chi connectivity index (χ0) is 17.9. The maximum absolute atomic E-state index is 12.1. The summed E-state index contributed by atoms with van der Waals surface area (Å²) < 4.78 is 0.0981. The van der Waals surface area contributed by atoms with Crippen molar-refractivity contribution in [1.29, 1.82) is 0 Å². The van der Waals surface area contributed by atoms with Crippen molar-refractivity contribution in [3.8, 4) is 0 Å². The van der Waals surface area contributed by atoms with Crippen LogP contribution in [0.2, 0.25) is 0 Å². The van der Waals surface area contributed by atoms with E-state index >= 15 is 0 Å². The topological polar surface area (TPSA) is 89.3 Å². The van der Waals surface area contributed by atoms with Crippen molar-refractivity contribution in [3.05, 3.63) is 0 Å². The predicted octanol–water partition coefficient (Wildman–Crippen LogP) is -0.713. The Morgan fingerprint density at radius 3 is 2.17 bits per heavy atom. The summed E-state index contributed by atoms with van der Waals surface area (Å²) in [5, 5.41) is 31.3. The molecule has 0 heterocycles. The number of likely N-dealkylation sites (N-methyl/N-ethyl adjacent to an activating group) is 1. The first-order valence-corrected chi connectivity index (χ1v) is 8.65. The summed E-state index contributed by atoms with van der Waals surface area (Å²) in [4.78, 5) is 9.67. The molecule has 0 aliphatic carbocycles. The number of alkyl halides is 1. The van der Waals surface area contributed by atoms with Gasteiger partial charge in [-0.1, -0.05) is 5.10 Å². The SMILES string of the molecule is C[N+](C)(CCCCOOCP)/N=C(/[O-])C[N+](C)(C)/N=C(/[O-])CCl. The van der Waals surface area contributed by atoms with Gasteiger partial charge in [-0.15, -0.1) is 25.9 Å². The summed E-state index contributed by atoms with van der Waals surface area (Å²) >= 11 is 5.42. The summed E-state index contributed by atoms with van der Waals surface area (Å²) in [7, 11) is 9.40. The summed E-state index contributed by atoms with van der Waals surface area (Å²) in [5.41, 5.74) is 0. The Bertz CT molecular complexity index is 405. The van der Waals surface area contributed by atoms with Gasteiger partial charge in [0.05, 0.1) is 52.9 Å². The van der Waals surface area contributed by atoms with Gasteiger partial charge in [-0.25, -0.2) is 14.4 Å². The van der Waals surface area contributed by atoms with Gasteiger partial charge in [0.25, 0.3) is 0 Å². The average Bonchev–Trinajstić information content (AvgIpc) is 2.40. The zero-order valence-corrected chi connectivity index (χ0v) is 16.2. The lowest BCUT2D eigenvalue weighted by molar-refractivity contribution is -0.905. The van der Waals surface area contributed by atoms with E-state index in [4.69, 9.17) is 21.4 Å². The lowest BCUT2D eigenvalue weighted by Gasteiger charge is -2.29. The number of halogens is 1. The van der Waals surface area contributed by atoms with Crippen LogP contribution in [0.5, 0.6) is 0 Å². The van der Waals surface area contributed by atoms with E-state index in [2.05, 4.69) is 19.4 Å². The second kappa shape index (κ2) is 11.1. The molecule has 10 heteroatoms. The molecule has 0 aromatic heterocycles. The molecule has 0 saturated heterocycles. The van der Waals surface area contributed by atoms with Crippen LogP contribution in [0, 0.1) is 0 Å². The van der Waals surface area contributed by atoms with Gasteiger partial charge >= 0.3 is 0 Å². The van der Waals surface area contributed by atoms with Gasteiger partial charge in [-0.2, -0.15) is 4.59 Å². The minimum atomic E-state index is -0.453. The van der Waals surface area contributed by atoms with E-state index in [1.165, 1.54) is 0 Å². The van der Waals surface area contributed by atoms with Gasteiger partial charge in [-0.3, -0.25) is 0 Å². The Hall–Kier alpha value is -0.500. The number of quaternary nitrogens is 2. The molecule has 0 aliphatic rings. The molecule has 8 nitrogen and oxygen atoms in total. The molecule has 1 atom stereocenters. The fraction of sp³-hybridized carbons (Fsp3) is 0.846. The Kier molecular flexibility index (Phi) is 10.9. The minimum absolute atomic E-state index is 0.00935. The van der Waals surface area contributed by atoms with Gasteiger partial charge in [-0.05, 0) is 6.42 Å². The van der Waals surface area contributed by atoms with Crippen molar-refractivity contribution in [2.75, 3.05) is 60.1 Å². The molecule has 0 aromatic rings. The molecule has 0 spiro atoms. The Morgan fingerprint density at radius 2 is 1.61 bits per heavy atom. The number of rotatable bonds is 12. The smallest absolute Gasteiger partial charge is 0.137 e. The molecule has 0 fully saturated rings. The molecule has 0 aromatic carbocycles. The molecule has 1 unspecified atom stereocenters. The lowest BCUT2D eigenvalue weighted by atomic mass is 10.3. The van der Waals surface area contributed by atoms with Crippen molar-refractivity contribution in [1.82, 2.24) is 0 Å². The van der Waals surface area contributed by atoms with E-state index in [1.54, 1.807) is 14.1 Å². The van der Waals surface area contributed by atoms with Crippen LogP contribution in [-0.2, 0) is 9.78 Å². The predicted molar refractivity (Wildman–Crippen MR) is 90.4 cm³/mol. The summed E-state index contributed by atoms with van der Waals surface area (Å²) in [6.07, 6.45) is 2.10. The van der Waals surface area contributed by atoms with Crippen molar-refractivity contribution < 1.29 is 29.2 Å². The second-order valence-corrected chi connectivity index (χ2v) is 6.66. The monoisotopic (exact) mass is 370 g/mol. The summed E-state index contributed by atoms with van der Waals surface area (Å²) in [6, 6.07) is 0. The van der Waals surface area contributed by atoms with Crippen LogP contribution in [0.3, 0.4) is 0 Å². The molecular formula is C13H28ClN4O4P. The molecule has 0 saturated carbocycles. The van der Waals surface area contributed by atoms with E-state index in [0.29, 0.717) is 19.5 Å². The van der Waals surface area contributed by atoms with E-state index < -0.39 is 5.90 Å². The fourth-order valence-electron chi connectivity index (χ4n) is 1.85. The third kappa shape index (κ3) is 12.6. The quantitative estimate of drug-likeness (QED) is 0.0663. The van der Waals surface area contributed by atoms with Crippen molar-refractivity contribution in [2.45, 2.75) is 12.8 Å². The molecule has 0 aliphatic heterocycles. The average molecular weight is 371 g/mol. The maximum Gasteiger partial charge on any atom is 0.137 e. The third-order valence-electron chi connectivity index (χ3n) is 2.74. The zero-order valence-electron chi connectivity index (χ0n) is 14.3. The molecular weight excluding hydrogens is 343 g/mol. The van der Waals surface area contributed by atoms with Gasteiger partial charge in [0.15, 0.2) is 0 Å². The largest absolute Gasteiger partial charge is 0.857 e. The molecule has 0 N–H and O–H groups in total. The van der Waals surface area contributed by atoms with Crippen LogP contribution in [0.1, 0.15) is 12.8 Å². The van der Waals surface area contributed by atoms with Crippen LogP contribution < -0.4 is 10.2 Å². The number of nitrogens with zero attached hydrogens (tertiary/aromatic N) is 4. The van der Waals surface area contributed by atoms with Crippen LogP contribution in [0.4, 0.5) is 0 Å². The molecule has 0 radical (unpaired) electrons. The number of hydrogen-bond acceptors (Lipinski definition) is 6. The first kappa shape index (κ1) is 22.5. The normalized spacial score (nSPS) is 14.3. The highest BCUT2D eigenvalue weighted by molar-refractivity contribution is 7.16. The molecule has 0 rings (SSSR count). The van der Waals surface area contributed by atoms with E-state index in [-0.39, 0.29) is 27.5 Å². The highest BCUT2D eigenvalue weighted by atomic mass is 35.5. The van der Waals surface area contributed by atoms with Crippen molar-refractivity contribution in [3.63, 3.8) is 0 Å². The molecule has 136 valence electrons. The van der Waals surface area contributed by atoms with Crippen LogP contribution in [0.15, 0.2) is 10.2 Å². The Labute approximate surface area is 145 Å². The highest BCUT2D eigenvalue weighted by Gasteiger charge is 2.18. The first-order chi connectivity index (χ1) is 10.6. The summed E-state index contributed by atoms with van der Waals surface area (Å²) in [6.45, 7) is 1.21. The summed E-state index contributed by atoms with van der Waals surface area (Å²) in [5.74, 6) is -0.962. The van der Waals surface area contributed by atoms with Gasteiger partial charge in [0.1, 0.15) is 13.1 Å². The standard InChI is InChI=1S/C13H28ClN4O4P/c1-17(2,7-5-6-8-21-22-11-23)16-13(20)10-18(3,4)15-12(19)9-14/h5-11,23H2,1-4H3. The Balaban J connectivity index is 4.40. The van der Waals surface area contributed by atoms with Crippen LogP contribution >= 0.6 is 20.8 Å². The number of hydrogen-bond donors (Lipinski definition) is 0. The molecule has 23 heavy (non-hydrogen) atoms. The maximum atomic E-state index is 12.1. The molecule has 0 bridgehead atoms. The van der Waals surface area contributed by atoms with E-state index in [9.17, 15) is 10.2 Å².